The van der Waals surface area contributed by atoms with Crippen molar-refractivity contribution in [2.45, 2.75) is 27.2 Å². The van der Waals surface area contributed by atoms with Crippen LogP contribution in [0.4, 0.5) is 0 Å². The maximum absolute atomic E-state index is 11.0. The lowest BCUT2D eigenvalue weighted by Gasteiger charge is -2.10. The summed E-state index contributed by atoms with van der Waals surface area (Å²) in [4.78, 5) is 11.0. The molecular formula is C9H16O2. The van der Waals surface area contributed by atoms with Crippen LogP contribution in [0, 0.1) is 11.8 Å². The third kappa shape index (κ3) is 4.59. The molecule has 0 aliphatic heterocycles. The zero-order valence-corrected chi connectivity index (χ0v) is 7.46. The van der Waals surface area contributed by atoms with E-state index in [2.05, 4.69) is 25.2 Å². The van der Waals surface area contributed by atoms with Gasteiger partial charge in [-0.1, -0.05) is 27.4 Å². The predicted octanol–water partition coefficient (Wildman–Crippen LogP) is 2.36. The summed E-state index contributed by atoms with van der Waals surface area (Å²) in [7, 11) is 0. The summed E-state index contributed by atoms with van der Waals surface area (Å²) in [5.41, 5.74) is 0. The van der Waals surface area contributed by atoms with Crippen molar-refractivity contribution in [2.24, 2.45) is 11.8 Å². The monoisotopic (exact) mass is 156 g/mol. The smallest absolute Gasteiger partial charge is 0.313 e. The Labute approximate surface area is 68.2 Å². The number of esters is 1. The van der Waals surface area contributed by atoms with Crippen molar-refractivity contribution in [1.82, 2.24) is 0 Å². The number of hydrogen-bond donors (Lipinski definition) is 0. The SMILES string of the molecule is C=COC(=O)C(C)CC(C)C. The van der Waals surface area contributed by atoms with E-state index in [1.54, 1.807) is 0 Å². The van der Waals surface area contributed by atoms with Gasteiger partial charge in [0.25, 0.3) is 0 Å². The highest BCUT2D eigenvalue weighted by Gasteiger charge is 2.14. The van der Waals surface area contributed by atoms with E-state index in [1.165, 1.54) is 6.26 Å². The molecule has 0 fully saturated rings. The van der Waals surface area contributed by atoms with Crippen LogP contribution in [0.1, 0.15) is 27.2 Å². The van der Waals surface area contributed by atoms with Gasteiger partial charge in [0.15, 0.2) is 0 Å². The van der Waals surface area contributed by atoms with Crippen LogP contribution in [-0.4, -0.2) is 5.97 Å². The van der Waals surface area contributed by atoms with E-state index in [0.717, 1.165) is 6.42 Å². The molecule has 11 heavy (non-hydrogen) atoms. The Hall–Kier alpha value is -0.790. The Balaban J connectivity index is 3.72. The van der Waals surface area contributed by atoms with Crippen LogP contribution in [-0.2, 0) is 9.53 Å². The molecule has 0 rings (SSSR count). The molecule has 0 amide bonds. The van der Waals surface area contributed by atoms with Crippen molar-refractivity contribution in [3.05, 3.63) is 12.8 Å². The van der Waals surface area contributed by atoms with Crippen LogP contribution in [0.25, 0.3) is 0 Å². The maximum Gasteiger partial charge on any atom is 0.313 e. The Morgan fingerprint density at radius 2 is 2.09 bits per heavy atom. The molecule has 0 aromatic heterocycles. The van der Waals surface area contributed by atoms with Crippen molar-refractivity contribution in [3.8, 4) is 0 Å². The Kier molecular flexibility index (Phi) is 4.59. The topological polar surface area (TPSA) is 26.3 Å². The van der Waals surface area contributed by atoms with Gasteiger partial charge in [0, 0.05) is 0 Å². The summed E-state index contributed by atoms with van der Waals surface area (Å²) in [5, 5.41) is 0. The largest absolute Gasteiger partial charge is 0.435 e. The summed E-state index contributed by atoms with van der Waals surface area (Å²) in [6.45, 7) is 9.35. The average molecular weight is 156 g/mol. The van der Waals surface area contributed by atoms with Gasteiger partial charge in [0.05, 0.1) is 12.2 Å². The van der Waals surface area contributed by atoms with E-state index >= 15 is 0 Å². The van der Waals surface area contributed by atoms with E-state index in [1.807, 2.05) is 6.92 Å². The lowest BCUT2D eigenvalue weighted by atomic mass is 9.99. The molecule has 0 N–H and O–H groups in total. The van der Waals surface area contributed by atoms with E-state index in [-0.39, 0.29) is 11.9 Å². The van der Waals surface area contributed by atoms with Gasteiger partial charge in [-0.05, 0) is 12.3 Å². The first-order chi connectivity index (χ1) is 5.07. The molecule has 0 radical (unpaired) electrons. The van der Waals surface area contributed by atoms with Crippen LogP contribution >= 0.6 is 0 Å². The Morgan fingerprint density at radius 3 is 2.45 bits per heavy atom. The summed E-state index contributed by atoms with van der Waals surface area (Å²) in [5.74, 6) is 0.323. The molecule has 0 aliphatic rings. The summed E-state index contributed by atoms with van der Waals surface area (Å²) < 4.78 is 4.63. The van der Waals surface area contributed by atoms with Crippen LogP contribution < -0.4 is 0 Å². The van der Waals surface area contributed by atoms with E-state index < -0.39 is 0 Å². The molecule has 0 aliphatic carbocycles. The van der Waals surface area contributed by atoms with Crippen molar-refractivity contribution < 1.29 is 9.53 Å². The van der Waals surface area contributed by atoms with Gasteiger partial charge in [-0.2, -0.15) is 0 Å². The van der Waals surface area contributed by atoms with Crippen LogP contribution in [0.15, 0.2) is 12.8 Å². The molecule has 2 heteroatoms. The normalized spacial score (nSPS) is 12.7. The minimum atomic E-state index is -0.186. The number of hydrogen-bond acceptors (Lipinski definition) is 2. The van der Waals surface area contributed by atoms with E-state index in [9.17, 15) is 4.79 Å². The second kappa shape index (κ2) is 4.94. The molecule has 0 saturated carbocycles. The fourth-order valence-electron chi connectivity index (χ4n) is 1.00. The molecule has 0 aromatic carbocycles. The molecular weight excluding hydrogens is 140 g/mol. The molecule has 64 valence electrons. The fourth-order valence-corrected chi connectivity index (χ4v) is 1.00. The van der Waals surface area contributed by atoms with Crippen LogP contribution in [0.2, 0.25) is 0 Å². The van der Waals surface area contributed by atoms with E-state index in [4.69, 9.17) is 0 Å². The van der Waals surface area contributed by atoms with Gasteiger partial charge in [-0.25, -0.2) is 0 Å². The van der Waals surface area contributed by atoms with E-state index in [0.29, 0.717) is 5.92 Å². The van der Waals surface area contributed by atoms with Crippen LogP contribution in [0.5, 0.6) is 0 Å². The predicted molar refractivity (Wildman–Crippen MR) is 44.9 cm³/mol. The second-order valence-corrected chi connectivity index (χ2v) is 3.13. The zero-order chi connectivity index (χ0) is 8.85. The zero-order valence-electron chi connectivity index (χ0n) is 7.46. The number of carbonyl (C=O) groups excluding carboxylic acids is 1. The number of rotatable bonds is 4. The van der Waals surface area contributed by atoms with Crippen molar-refractivity contribution in [3.63, 3.8) is 0 Å². The highest BCUT2D eigenvalue weighted by atomic mass is 16.5. The van der Waals surface area contributed by atoms with Gasteiger partial charge < -0.3 is 4.74 Å². The maximum atomic E-state index is 11.0. The van der Waals surface area contributed by atoms with Crippen molar-refractivity contribution in [1.29, 1.82) is 0 Å². The molecule has 0 spiro atoms. The molecule has 2 nitrogen and oxygen atoms in total. The Bertz CT molecular complexity index is 138. The lowest BCUT2D eigenvalue weighted by Crippen LogP contribution is -2.14. The number of ether oxygens (including phenoxy) is 1. The fraction of sp³-hybridized carbons (Fsp3) is 0.667. The molecule has 0 aromatic rings. The summed E-state index contributed by atoms with van der Waals surface area (Å²) >= 11 is 0. The van der Waals surface area contributed by atoms with Gasteiger partial charge in [-0.15, -0.1) is 0 Å². The summed E-state index contributed by atoms with van der Waals surface area (Å²) in [6, 6.07) is 0. The Morgan fingerprint density at radius 1 is 1.55 bits per heavy atom. The average Bonchev–Trinajstić information content (AvgIpc) is 1.86. The first-order valence-electron chi connectivity index (χ1n) is 3.89. The third-order valence-electron chi connectivity index (χ3n) is 1.43. The lowest BCUT2D eigenvalue weighted by molar-refractivity contribution is -0.142. The van der Waals surface area contributed by atoms with Gasteiger partial charge in [0.1, 0.15) is 0 Å². The molecule has 1 unspecified atom stereocenters. The highest BCUT2D eigenvalue weighted by Crippen LogP contribution is 2.12. The minimum Gasteiger partial charge on any atom is -0.435 e. The van der Waals surface area contributed by atoms with Crippen molar-refractivity contribution in [2.75, 3.05) is 0 Å². The first kappa shape index (κ1) is 10.2. The second-order valence-electron chi connectivity index (χ2n) is 3.13. The third-order valence-corrected chi connectivity index (χ3v) is 1.43. The van der Waals surface area contributed by atoms with Crippen molar-refractivity contribution >= 4 is 5.97 Å². The van der Waals surface area contributed by atoms with Gasteiger partial charge >= 0.3 is 5.97 Å². The molecule has 0 heterocycles. The number of carbonyl (C=O) groups is 1. The van der Waals surface area contributed by atoms with Gasteiger partial charge in [-0.3, -0.25) is 4.79 Å². The minimum absolute atomic E-state index is 0.0204. The first-order valence-corrected chi connectivity index (χ1v) is 3.89. The molecule has 1 atom stereocenters. The summed E-state index contributed by atoms with van der Waals surface area (Å²) in [6.07, 6.45) is 2.05. The van der Waals surface area contributed by atoms with Gasteiger partial charge in [0.2, 0.25) is 0 Å². The molecule has 0 saturated heterocycles. The van der Waals surface area contributed by atoms with Crippen LogP contribution in [0.3, 0.4) is 0 Å². The standard InChI is InChI=1S/C9H16O2/c1-5-11-9(10)8(4)6-7(2)3/h5,7-8H,1,6H2,2-4H3. The highest BCUT2D eigenvalue weighted by molar-refractivity contribution is 5.72. The quantitative estimate of drug-likeness (QED) is 0.461. The molecule has 0 bridgehead atoms.